The summed E-state index contributed by atoms with van der Waals surface area (Å²) in [5, 5.41) is 13.4. The van der Waals surface area contributed by atoms with Gasteiger partial charge < -0.3 is 9.63 Å². The molecule has 4 nitrogen and oxygen atoms in total. The third-order valence-electron chi connectivity index (χ3n) is 2.31. The molecule has 0 saturated heterocycles. The summed E-state index contributed by atoms with van der Waals surface area (Å²) in [6, 6.07) is 4.04. The van der Waals surface area contributed by atoms with Crippen molar-refractivity contribution in [2.24, 2.45) is 0 Å². The molecule has 0 aliphatic carbocycles. The summed E-state index contributed by atoms with van der Waals surface area (Å²) in [6.07, 6.45) is 0. The summed E-state index contributed by atoms with van der Waals surface area (Å²) in [5.41, 5.74) is -0.0537. The highest BCUT2D eigenvalue weighted by Crippen LogP contribution is 2.31. The third-order valence-corrected chi connectivity index (χ3v) is 3.58. The highest BCUT2D eigenvalue weighted by atomic mass is 32.2. The van der Waals surface area contributed by atoms with Crippen LogP contribution in [0.1, 0.15) is 26.6 Å². The van der Waals surface area contributed by atoms with Gasteiger partial charge in [-0.3, -0.25) is 0 Å². The predicted octanol–water partition coefficient (Wildman–Crippen LogP) is 3.61. The number of hydrogen-bond acceptors (Lipinski definition) is 5. The molecule has 2 aromatic rings. The van der Waals surface area contributed by atoms with E-state index in [9.17, 15) is 9.50 Å². The average molecular weight is 282 g/mol. The first-order valence-electron chi connectivity index (χ1n) is 5.81. The summed E-state index contributed by atoms with van der Waals surface area (Å²) < 4.78 is 18.7. The molecule has 0 saturated carbocycles. The quantitative estimate of drug-likeness (QED) is 0.931. The van der Waals surface area contributed by atoms with E-state index >= 15 is 0 Å². The summed E-state index contributed by atoms with van der Waals surface area (Å²) in [6.45, 7) is 6.25. The molecule has 0 atom stereocenters. The van der Waals surface area contributed by atoms with Crippen LogP contribution in [0.4, 0.5) is 4.39 Å². The number of aromatic nitrogens is 2. The highest BCUT2D eigenvalue weighted by molar-refractivity contribution is 7.99. The number of thioether (sulfide) groups is 1. The Morgan fingerprint density at radius 3 is 2.74 bits per heavy atom. The Labute approximate surface area is 115 Å². The molecule has 1 N–H and O–H groups in total. The van der Waals surface area contributed by atoms with Crippen molar-refractivity contribution in [2.75, 3.05) is 0 Å². The zero-order valence-electron chi connectivity index (χ0n) is 11.0. The zero-order valence-corrected chi connectivity index (χ0v) is 11.8. The Bertz CT molecular complexity index is 558. The Morgan fingerprint density at radius 2 is 2.11 bits per heavy atom. The smallest absolute Gasteiger partial charge is 0.264 e. The molecule has 2 rings (SSSR count). The normalized spacial score (nSPS) is 11.8. The summed E-state index contributed by atoms with van der Waals surface area (Å²) >= 11 is 1.66. The van der Waals surface area contributed by atoms with Gasteiger partial charge in [-0.2, -0.15) is 4.98 Å². The minimum absolute atomic E-state index is 0.000101. The van der Waals surface area contributed by atoms with Gasteiger partial charge in [-0.05, 0) is 12.1 Å². The molecule has 6 heteroatoms. The molecule has 0 unspecified atom stereocenters. The summed E-state index contributed by atoms with van der Waals surface area (Å²) in [5.74, 6) is 0.261. The molecule has 19 heavy (non-hydrogen) atoms. The molecule has 0 aliphatic heterocycles. The lowest BCUT2D eigenvalue weighted by Crippen LogP contribution is -2.07. The Morgan fingerprint density at radius 1 is 1.37 bits per heavy atom. The molecule has 1 aromatic carbocycles. The highest BCUT2D eigenvalue weighted by Gasteiger charge is 2.18. The van der Waals surface area contributed by atoms with E-state index in [-0.39, 0.29) is 22.0 Å². The lowest BCUT2D eigenvalue weighted by molar-refractivity contribution is 0.415. The van der Waals surface area contributed by atoms with E-state index in [1.807, 2.05) is 0 Å². The van der Waals surface area contributed by atoms with Gasteiger partial charge in [0.05, 0.1) is 5.75 Å². The fourth-order valence-corrected chi connectivity index (χ4v) is 2.10. The fourth-order valence-electron chi connectivity index (χ4n) is 1.42. The SMILES string of the molecule is CC(C)(C)SCc1noc(-c2c(O)cccc2F)n1. The van der Waals surface area contributed by atoms with Crippen LogP contribution >= 0.6 is 11.8 Å². The van der Waals surface area contributed by atoms with Crippen molar-refractivity contribution in [3.63, 3.8) is 0 Å². The number of benzene rings is 1. The van der Waals surface area contributed by atoms with Crippen molar-refractivity contribution < 1.29 is 14.0 Å². The van der Waals surface area contributed by atoms with E-state index < -0.39 is 5.82 Å². The first kappa shape index (κ1) is 13.9. The van der Waals surface area contributed by atoms with E-state index in [4.69, 9.17) is 4.52 Å². The second-order valence-corrected chi connectivity index (χ2v) is 6.85. The second kappa shape index (κ2) is 5.21. The molecule has 1 aromatic heterocycles. The van der Waals surface area contributed by atoms with Crippen LogP contribution in [0, 0.1) is 5.82 Å². The molecular formula is C13H15FN2O2S. The largest absolute Gasteiger partial charge is 0.507 e. The van der Waals surface area contributed by atoms with E-state index in [2.05, 4.69) is 30.9 Å². The van der Waals surface area contributed by atoms with Gasteiger partial charge >= 0.3 is 0 Å². The number of phenolic OH excluding ortho intramolecular Hbond substituents is 1. The second-order valence-electron chi connectivity index (χ2n) is 5.05. The van der Waals surface area contributed by atoms with Crippen molar-refractivity contribution in [3.8, 4) is 17.2 Å². The van der Waals surface area contributed by atoms with Crippen LogP contribution in [0.25, 0.3) is 11.5 Å². The topological polar surface area (TPSA) is 59.2 Å². The predicted molar refractivity (Wildman–Crippen MR) is 72.4 cm³/mol. The molecule has 0 bridgehead atoms. The maximum absolute atomic E-state index is 13.6. The van der Waals surface area contributed by atoms with Crippen molar-refractivity contribution in [2.45, 2.75) is 31.3 Å². The lowest BCUT2D eigenvalue weighted by Gasteiger charge is -2.15. The van der Waals surface area contributed by atoms with Crippen molar-refractivity contribution in [1.82, 2.24) is 10.1 Å². The number of nitrogens with zero attached hydrogens (tertiary/aromatic N) is 2. The van der Waals surface area contributed by atoms with Gasteiger partial charge in [-0.1, -0.05) is 32.0 Å². The average Bonchev–Trinajstić information content (AvgIpc) is 2.74. The molecule has 0 amide bonds. The third kappa shape index (κ3) is 3.47. The Hall–Kier alpha value is -1.56. The molecule has 1 heterocycles. The van der Waals surface area contributed by atoms with Crippen LogP contribution in [0.3, 0.4) is 0 Å². The van der Waals surface area contributed by atoms with Gasteiger partial charge in [0.2, 0.25) is 0 Å². The van der Waals surface area contributed by atoms with Crippen molar-refractivity contribution in [3.05, 3.63) is 29.8 Å². The van der Waals surface area contributed by atoms with E-state index in [0.29, 0.717) is 11.6 Å². The number of phenols is 1. The molecule has 0 spiro atoms. The van der Waals surface area contributed by atoms with Gasteiger partial charge in [-0.15, -0.1) is 11.8 Å². The van der Waals surface area contributed by atoms with Crippen molar-refractivity contribution in [1.29, 1.82) is 0 Å². The zero-order chi connectivity index (χ0) is 14.0. The monoisotopic (exact) mass is 282 g/mol. The van der Waals surface area contributed by atoms with Crippen LogP contribution in [0.5, 0.6) is 5.75 Å². The molecular weight excluding hydrogens is 267 g/mol. The first-order chi connectivity index (χ1) is 8.87. The Balaban J connectivity index is 2.22. The number of aromatic hydroxyl groups is 1. The van der Waals surface area contributed by atoms with Gasteiger partial charge in [0.15, 0.2) is 5.82 Å². The minimum Gasteiger partial charge on any atom is -0.507 e. The number of halogens is 1. The van der Waals surface area contributed by atoms with Gasteiger partial charge in [0.1, 0.15) is 17.1 Å². The molecule has 0 fully saturated rings. The molecule has 102 valence electrons. The van der Waals surface area contributed by atoms with Crippen molar-refractivity contribution >= 4 is 11.8 Å². The van der Waals surface area contributed by atoms with Crippen LogP contribution in [-0.2, 0) is 5.75 Å². The summed E-state index contributed by atoms with van der Waals surface area (Å²) in [4.78, 5) is 4.11. The molecule has 0 aliphatic rings. The number of rotatable bonds is 3. The van der Waals surface area contributed by atoms with E-state index in [1.54, 1.807) is 11.8 Å². The van der Waals surface area contributed by atoms with Crippen LogP contribution in [0.15, 0.2) is 22.7 Å². The number of hydrogen-bond donors (Lipinski definition) is 1. The Kier molecular flexibility index (Phi) is 3.80. The van der Waals surface area contributed by atoms with Crippen LogP contribution < -0.4 is 0 Å². The van der Waals surface area contributed by atoms with Gasteiger partial charge in [0.25, 0.3) is 5.89 Å². The molecule has 0 radical (unpaired) electrons. The van der Waals surface area contributed by atoms with Gasteiger partial charge in [-0.25, -0.2) is 4.39 Å². The van der Waals surface area contributed by atoms with E-state index in [0.717, 1.165) is 0 Å². The van der Waals surface area contributed by atoms with E-state index in [1.165, 1.54) is 18.2 Å². The maximum atomic E-state index is 13.6. The van der Waals surface area contributed by atoms with Gasteiger partial charge in [0, 0.05) is 4.75 Å². The van der Waals surface area contributed by atoms with Crippen LogP contribution in [0.2, 0.25) is 0 Å². The van der Waals surface area contributed by atoms with Crippen LogP contribution in [-0.4, -0.2) is 20.0 Å². The fraction of sp³-hybridized carbons (Fsp3) is 0.385. The minimum atomic E-state index is -0.585. The first-order valence-corrected chi connectivity index (χ1v) is 6.80. The standard InChI is InChI=1S/C13H15FN2O2S/c1-13(2,3)19-7-10-15-12(18-16-10)11-8(14)5-4-6-9(11)17/h4-6,17H,7H2,1-3H3. The maximum Gasteiger partial charge on any atom is 0.264 e. The lowest BCUT2D eigenvalue weighted by atomic mass is 10.2. The summed E-state index contributed by atoms with van der Waals surface area (Å²) in [7, 11) is 0.